The topological polar surface area (TPSA) is 51.2 Å². The molecule has 0 heterocycles. The van der Waals surface area contributed by atoms with Gasteiger partial charge in [0.2, 0.25) is 0 Å². The normalized spacial score (nSPS) is 14.5. The number of hydrogen-bond acceptors (Lipinski definition) is 4. The van der Waals surface area contributed by atoms with Crippen molar-refractivity contribution in [2.75, 3.05) is 35.5 Å². The summed E-state index contributed by atoms with van der Waals surface area (Å²) in [5.74, 6) is 1.74. The van der Waals surface area contributed by atoms with Gasteiger partial charge in [-0.3, -0.25) is 4.21 Å². The van der Waals surface area contributed by atoms with E-state index in [0.717, 1.165) is 5.75 Å². The van der Waals surface area contributed by atoms with E-state index in [1.165, 1.54) is 6.26 Å². The van der Waals surface area contributed by atoms with E-state index >= 15 is 0 Å². The molecule has 0 aromatic heterocycles. The van der Waals surface area contributed by atoms with Crippen LogP contribution < -0.4 is 0 Å². The molecule has 12 heavy (non-hydrogen) atoms. The molecule has 74 valence electrons. The molecule has 3 nitrogen and oxygen atoms in total. The molecule has 0 saturated carbocycles. The third-order valence-electron chi connectivity index (χ3n) is 1.20. The summed E-state index contributed by atoms with van der Waals surface area (Å²) in [6, 6.07) is 0. The van der Waals surface area contributed by atoms with Gasteiger partial charge < -0.3 is 0 Å². The van der Waals surface area contributed by atoms with Crippen LogP contribution in [0.5, 0.6) is 0 Å². The second kappa shape index (κ2) is 5.99. The van der Waals surface area contributed by atoms with Gasteiger partial charge in [0.05, 0.1) is 5.75 Å². The average Bonchev–Trinajstić information content (AvgIpc) is 1.95. The summed E-state index contributed by atoms with van der Waals surface area (Å²) in [6.07, 6.45) is 3.10. The molecule has 0 fully saturated rings. The van der Waals surface area contributed by atoms with E-state index in [1.54, 1.807) is 11.8 Å². The first-order valence-electron chi connectivity index (χ1n) is 3.47. The second-order valence-electron chi connectivity index (χ2n) is 2.47. The minimum Gasteiger partial charge on any atom is -0.260 e. The van der Waals surface area contributed by atoms with E-state index in [9.17, 15) is 12.6 Å². The summed E-state index contributed by atoms with van der Waals surface area (Å²) in [6.45, 7) is 0. The molecular weight excluding hydrogens is 216 g/mol. The van der Waals surface area contributed by atoms with Crippen molar-refractivity contribution in [1.82, 2.24) is 0 Å². The fraction of sp³-hybridized carbons (Fsp3) is 1.00. The van der Waals surface area contributed by atoms with E-state index in [4.69, 9.17) is 0 Å². The van der Waals surface area contributed by atoms with Crippen LogP contribution in [0.2, 0.25) is 0 Å². The van der Waals surface area contributed by atoms with Gasteiger partial charge in [0.25, 0.3) is 0 Å². The Morgan fingerprint density at radius 3 is 2.33 bits per heavy atom. The van der Waals surface area contributed by atoms with Gasteiger partial charge in [-0.05, 0) is 6.26 Å². The van der Waals surface area contributed by atoms with Crippen molar-refractivity contribution in [1.29, 1.82) is 0 Å². The Morgan fingerprint density at radius 2 is 1.92 bits per heavy atom. The SMILES string of the molecule is CSCCS(=O)CCS(C)(=O)=O. The summed E-state index contributed by atoms with van der Waals surface area (Å²) in [4.78, 5) is 0. The van der Waals surface area contributed by atoms with Gasteiger partial charge in [-0.1, -0.05) is 0 Å². The zero-order valence-electron chi connectivity index (χ0n) is 7.28. The summed E-state index contributed by atoms with van der Waals surface area (Å²) in [7, 11) is -3.91. The van der Waals surface area contributed by atoms with Crippen molar-refractivity contribution in [3.05, 3.63) is 0 Å². The molecule has 0 aromatic carbocycles. The Balaban J connectivity index is 3.58. The highest BCUT2D eigenvalue weighted by Crippen LogP contribution is 1.94. The van der Waals surface area contributed by atoms with E-state index in [2.05, 4.69) is 0 Å². The lowest BCUT2D eigenvalue weighted by atomic mass is 10.9. The summed E-state index contributed by atoms with van der Waals surface area (Å²) in [5, 5.41) is 0. The van der Waals surface area contributed by atoms with E-state index in [1.807, 2.05) is 6.26 Å². The Kier molecular flexibility index (Phi) is 6.21. The van der Waals surface area contributed by atoms with Gasteiger partial charge in [-0.15, -0.1) is 0 Å². The zero-order chi connectivity index (χ0) is 9.61. The van der Waals surface area contributed by atoms with Crippen LogP contribution in [0, 0.1) is 0 Å². The Labute approximate surface area is 80.7 Å². The molecule has 1 unspecified atom stereocenters. The van der Waals surface area contributed by atoms with Gasteiger partial charge in [0.15, 0.2) is 0 Å². The van der Waals surface area contributed by atoms with Crippen LogP contribution in [0.1, 0.15) is 0 Å². The van der Waals surface area contributed by atoms with Gasteiger partial charge in [-0.2, -0.15) is 11.8 Å². The predicted molar refractivity (Wildman–Crippen MR) is 56.0 cm³/mol. The third-order valence-corrected chi connectivity index (χ3v) is 4.59. The Hall–Kier alpha value is 0.450. The van der Waals surface area contributed by atoms with Gasteiger partial charge in [0.1, 0.15) is 9.84 Å². The first-order chi connectivity index (χ1) is 5.45. The lowest BCUT2D eigenvalue weighted by Crippen LogP contribution is -2.14. The average molecular weight is 230 g/mol. The quantitative estimate of drug-likeness (QED) is 0.651. The highest BCUT2D eigenvalue weighted by atomic mass is 32.2. The molecule has 0 bridgehead atoms. The number of hydrogen-bond donors (Lipinski definition) is 0. The smallest absolute Gasteiger partial charge is 0.148 e. The molecule has 1 atom stereocenters. The Morgan fingerprint density at radius 1 is 1.33 bits per heavy atom. The van der Waals surface area contributed by atoms with Crippen LogP contribution in [0.4, 0.5) is 0 Å². The maximum atomic E-state index is 11.1. The van der Waals surface area contributed by atoms with Crippen molar-refractivity contribution >= 4 is 32.4 Å². The lowest BCUT2D eigenvalue weighted by molar-refractivity contribution is 0.602. The second-order valence-corrected chi connectivity index (χ2v) is 7.41. The van der Waals surface area contributed by atoms with E-state index < -0.39 is 20.6 Å². The minimum atomic E-state index is -2.94. The van der Waals surface area contributed by atoms with Crippen molar-refractivity contribution in [3.8, 4) is 0 Å². The molecule has 6 heteroatoms. The van der Waals surface area contributed by atoms with Gasteiger partial charge in [0, 0.05) is 34.3 Å². The fourth-order valence-electron chi connectivity index (χ4n) is 0.523. The predicted octanol–water partition coefficient (Wildman–Crippen LogP) is 0.143. The van der Waals surface area contributed by atoms with Crippen molar-refractivity contribution in [3.63, 3.8) is 0 Å². The van der Waals surface area contributed by atoms with Crippen molar-refractivity contribution in [2.45, 2.75) is 0 Å². The van der Waals surface area contributed by atoms with Crippen LogP contribution in [0.3, 0.4) is 0 Å². The molecule has 0 radical (unpaired) electrons. The number of thioether (sulfide) groups is 1. The third kappa shape index (κ3) is 8.55. The van der Waals surface area contributed by atoms with Gasteiger partial charge >= 0.3 is 0 Å². The molecule has 0 spiro atoms. The van der Waals surface area contributed by atoms with Crippen LogP contribution in [-0.2, 0) is 20.6 Å². The van der Waals surface area contributed by atoms with Crippen molar-refractivity contribution in [2.24, 2.45) is 0 Å². The molecule has 0 aliphatic rings. The number of rotatable bonds is 6. The first kappa shape index (κ1) is 12.4. The van der Waals surface area contributed by atoms with Crippen LogP contribution in [0.25, 0.3) is 0 Å². The van der Waals surface area contributed by atoms with Crippen LogP contribution in [0.15, 0.2) is 0 Å². The molecule has 0 N–H and O–H groups in total. The monoisotopic (exact) mass is 230 g/mol. The number of sulfone groups is 1. The molecule has 0 rings (SSSR count). The maximum absolute atomic E-state index is 11.1. The lowest BCUT2D eigenvalue weighted by Gasteiger charge is -1.98. The van der Waals surface area contributed by atoms with Crippen LogP contribution in [-0.4, -0.2) is 48.1 Å². The highest BCUT2D eigenvalue weighted by Gasteiger charge is 2.05. The Bertz CT molecular complexity index is 232. The van der Waals surface area contributed by atoms with E-state index in [-0.39, 0.29) is 11.5 Å². The van der Waals surface area contributed by atoms with Crippen LogP contribution >= 0.6 is 11.8 Å². The zero-order valence-corrected chi connectivity index (χ0v) is 9.73. The molecule has 0 aliphatic heterocycles. The molecule has 0 amide bonds. The summed E-state index contributed by atoms with van der Waals surface area (Å²) < 4.78 is 32.4. The standard InChI is InChI=1S/C6H14O3S3/c1-10-3-4-11(7)5-6-12(2,8)9/h3-6H2,1-2H3. The minimum absolute atomic E-state index is 0.0357. The highest BCUT2D eigenvalue weighted by molar-refractivity contribution is 7.99. The first-order valence-corrected chi connectivity index (χ1v) is 8.41. The molecule has 0 aliphatic carbocycles. The largest absolute Gasteiger partial charge is 0.260 e. The van der Waals surface area contributed by atoms with Crippen molar-refractivity contribution < 1.29 is 12.6 Å². The summed E-state index contributed by atoms with van der Waals surface area (Å²) in [5.41, 5.74) is 0. The fourth-order valence-corrected chi connectivity index (χ4v) is 4.09. The molecule has 0 saturated heterocycles. The van der Waals surface area contributed by atoms with Gasteiger partial charge in [-0.25, -0.2) is 8.42 Å². The maximum Gasteiger partial charge on any atom is 0.148 e. The molecular formula is C6H14O3S3. The molecule has 0 aromatic rings. The van der Waals surface area contributed by atoms with E-state index in [0.29, 0.717) is 5.75 Å². The summed E-state index contributed by atoms with van der Waals surface area (Å²) >= 11 is 1.62.